The van der Waals surface area contributed by atoms with Crippen LogP contribution in [0.15, 0.2) is 98.4 Å². The Kier molecular flexibility index (Phi) is 4.36. The van der Waals surface area contributed by atoms with E-state index in [4.69, 9.17) is 5.73 Å². The number of nitrogen functional groups attached to an aromatic ring is 1. The van der Waals surface area contributed by atoms with Gasteiger partial charge in [-0.15, -0.1) is 0 Å². The summed E-state index contributed by atoms with van der Waals surface area (Å²) in [6.07, 6.45) is 0. The molecule has 0 aliphatic carbocycles. The van der Waals surface area contributed by atoms with Crippen LogP contribution in [0.2, 0.25) is 0 Å². The van der Waals surface area contributed by atoms with Crippen LogP contribution in [0.25, 0.3) is 0 Å². The number of hydrogen-bond donors (Lipinski definition) is 1. The summed E-state index contributed by atoms with van der Waals surface area (Å²) >= 11 is 0. The van der Waals surface area contributed by atoms with Gasteiger partial charge in [-0.1, -0.05) is 36.4 Å². The van der Waals surface area contributed by atoms with Crippen molar-refractivity contribution < 1.29 is 16.8 Å². The van der Waals surface area contributed by atoms with Gasteiger partial charge in [0.05, 0.1) is 25.3 Å². The van der Waals surface area contributed by atoms with Crippen molar-refractivity contribution in [3.05, 3.63) is 78.9 Å². The molecule has 0 radical (unpaired) electrons. The molecule has 3 aromatic carbocycles. The van der Waals surface area contributed by atoms with E-state index in [1.807, 2.05) is 0 Å². The molecule has 0 aromatic heterocycles. The van der Waals surface area contributed by atoms with Gasteiger partial charge >= 0.3 is 0 Å². The van der Waals surface area contributed by atoms with E-state index in [1.165, 1.54) is 36.4 Å². The van der Waals surface area contributed by atoms with Crippen LogP contribution in [-0.2, 0) is 19.7 Å². The summed E-state index contributed by atoms with van der Waals surface area (Å²) in [4.78, 5) is -0.211. The SMILES string of the molecule is Nc1ccc(S(=O)(=O)c2ccccc2)cc1S(=O)(=O)c1ccccc1. The average molecular weight is 373 g/mol. The summed E-state index contributed by atoms with van der Waals surface area (Å²) < 4.78 is 51.0. The van der Waals surface area contributed by atoms with Crippen LogP contribution in [0.3, 0.4) is 0 Å². The van der Waals surface area contributed by atoms with Gasteiger partial charge in [0.15, 0.2) is 0 Å². The zero-order chi connectivity index (χ0) is 18.1. The summed E-state index contributed by atoms with van der Waals surface area (Å²) in [5.74, 6) is 0. The Hall–Kier alpha value is -2.64. The minimum absolute atomic E-state index is 0.00383. The highest BCUT2D eigenvalue weighted by Crippen LogP contribution is 2.30. The van der Waals surface area contributed by atoms with Gasteiger partial charge in [0.1, 0.15) is 0 Å². The van der Waals surface area contributed by atoms with E-state index in [0.29, 0.717) is 0 Å². The Morgan fingerprint density at radius 2 is 1.04 bits per heavy atom. The highest BCUT2D eigenvalue weighted by molar-refractivity contribution is 7.92. The number of sulfone groups is 2. The summed E-state index contributed by atoms with van der Waals surface area (Å²) in [6.45, 7) is 0. The lowest BCUT2D eigenvalue weighted by Crippen LogP contribution is -2.09. The Morgan fingerprint density at radius 1 is 0.560 bits per heavy atom. The molecule has 0 atom stereocenters. The molecule has 0 amide bonds. The Bertz CT molecular complexity index is 1110. The fourth-order valence-electron chi connectivity index (χ4n) is 2.38. The topological polar surface area (TPSA) is 94.3 Å². The first-order chi connectivity index (χ1) is 11.8. The zero-order valence-electron chi connectivity index (χ0n) is 13.0. The van der Waals surface area contributed by atoms with Crippen LogP contribution in [0, 0.1) is 0 Å². The Morgan fingerprint density at radius 3 is 1.56 bits per heavy atom. The Balaban J connectivity index is 2.18. The first-order valence-electron chi connectivity index (χ1n) is 7.33. The molecule has 0 fully saturated rings. The summed E-state index contributed by atoms with van der Waals surface area (Å²) in [5.41, 5.74) is 5.82. The van der Waals surface area contributed by atoms with Crippen LogP contribution in [-0.4, -0.2) is 16.8 Å². The standard InChI is InChI=1S/C18H15NO4S2/c19-17-12-11-16(24(20,21)14-7-3-1-4-8-14)13-18(17)25(22,23)15-9-5-2-6-10-15/h1-13H,19H2. The minimum atomic E-state index is -3.92. The molecule has 0 aliphatic rings. The summed E-state index contributed by atoms with van der Waals surface area (Å²) in [6, 6.07) is 19.3. The smallest absolute Gasteiger partial charge is 0.208 e. The monoisotopic (exact) mass is 373 g/mol. The second-order valence-corrected chi connectivity index (χ2v) is 9.20. The maximum Gasteiger partial charge on any atom is 0.208 e. The molecule has 0 bridgehead atoms. The number of anilines is 1. The van der Waals surface area contributed by atoms with Gasteiger partial charge in [-0.2, -0.15) is 0 Å². The molecule has 3 aromatic rings. The molecule has 0 spiro atoms. The molecular formula is C18H15NO4S2. The van der Waals surface area contributed by atoms with E-state index in [2.05, 4.69) is 0 Å². The molecular weight excluding hydrogens is 358 g/mol. The molecule has 0 saturated carbocycles. The van der Waals surface area contributed by atoms with E-state index in [9.17, 15) is 16.8 Å². The highest BCUT2D eigenvalue weighted by atomic mass is 32.2. The molecule has 0 saturated heterocycles. The number of hydrogen-bond acceptors (Lipinski definition) is 5. The fourth-order valence-corrected chi connectivity index (χ4v) is 5.19. The predicted octanol–water partition coefficient (Wildman–Crippen LogP) is 2.93. The maximum atomic E-state index is 12.8. The van der Waals surface area contributed by atoms with Crippen LogP contribution in [0.5, 0.6) is 0 Å². The van der Waals surface area contributed by atoms with E-state index >= 15 is 0 Å². The van der Waals surface area contributed by atoms with E-state index in [-0.39, 0.29) is 25.3 Å². The molecule has 5 nitrogen and oxygen atoms in total. The van der Waals surface area contributed by atoms with Crippen molar-refractivity contribution in [2.24, 2.45) is 0 Å². The van der Waals surface area contributed by atoms with Gasteiger partial charge in [0.2, 0.25) is 19.7 Å². The second kappa shape index (κ2) is 6.34. The second-order valence-electron chi connectivity index (χ2n) is 5.33. The van der Waals surface area contributed by atoms with Crippen LogP contribution in [0.1, 0.15) is 0 Å². The summed E-state index contributed by atoms with van der Waals surface area (Å²) in [5, 5.41) is 0. The zero-order valence-corrected chi connectivity index (χ0v) is 14.7. The molecule has 0 unspecified atom stereocenters. The molecule has 0 aliphatic heterocycles. The first-order valence-corrected chi connectivity index (χ1v) is 10.3. The molecule has 3 rings (SSSR count). The fraction of sp³-hybridized carbons (Fsp3) is 0. The first kappa shape index (κ1) is 17.2. The van der Waals surface area contributed by atoms with E-state index in [1.54, 1.807) is 36.4 Å². The van der Waals surface area contributed by atoms with Gasteiger partial charge in [0, 0.05) is 0 Å². The van der Waals surface area contributed by atoms with Crippen molar-refractivity contribution >= 4 is 25.4 Å². The third-order valence-electron chi connectivity index (χ3n) is 3.69. The van der Waals surface area contributed by atoms with Crippen molar-refractivity contribution in [3.63, 3.8) is 0 Å². The predicted molar refractivity (Wildman–Crippen MR) is 94.6 cm³/mol. The normalized spacial score (nSPS) is 12.0. The molecule has 7 heteroatoms. The van der Waals surface area contributed by atoms with E-state index in [0.717, 1.165) is 6.07 Å². The number of benzene rings is 3. The van der Waals surface area contributed by atoms with Crippen molar-refractivity contribution in [1.29, 1.82) is 0 Å². The lowest BCUT2D eigenvalue weighted by molar-refractivity contribution is 0.594. The van der Waals surface area contributed by atoms with Gasteiger partial charge in [0.25, 0.3) is 0 Å². The Labute approximate surface area is 146 Å². The quantitative estimate of drug-likeness (QED) is 0.710. The average Bonchev–Trinajstić information content (AvgIpc) is 2.63. The van der Waals surface area contributed by atoms with Crippen molar-refractivity contribution in [2.45, 2.75) is 19.6 Å². The summed E-state index contributed by atoms with van der Waals surface area (Å²) in [7, 11) is -7.76. The third kappa shape index (κ3) is 3.16. The van der Waals surface area contributed by atoms with Crippen LogP contribution < -0.4 is 5.73 Å². The van der Waals surface area contributed by atoms with Gasteiger partial charge in [-0.25, -0.2) is 16.8 Å². The molecule has 0 heterocycles. The highest BCUT2D eigenvalue weighted by Gasteiger charge is 2.24. The number of rotatable bonds is 4. The van der Waals surface area contributed by atoms with Gasteiger partial charge in [-0.3, -0.25) is 0 Å². The molecule has 128 valence electrons. The lowest BCUT2D eigenvalue weighted by atomic mass is 10.3. The third-order valence-corrected chi connectivity index (χ3v) is 7.28. The van der Waals surface area contributed by atoms with Crippen molar-refractivity contribution in [1.82, 2.24) is 0 Å². The van der Waals surface area contributed by atoms with Gasteiger partial charge < -0.3 is 5.73 Å². The van der Waals surface area contributed by atoms with Gasteiger partial charge in [-0.05, 0) is 42.5 Å². The lowest BCUT2D eigenvalue weighted by Gasteiger charge is -2.11. The van der Waals surface area contributed by atoms with Crippen molar-refractivity contribution in [2.75, 3.05) is 5.73 Å². The minimum Gasteiger partial charge on any atom is -0.398 e. The van der Waals surface area contributed by atoms with Crippen LogP contribution >= 0.6 is 0 Å². The van der Waals surface area contributed by atoms with Crippen LogP contribution in [0.4, 0.5) is 5.69 Å². The molecule has 2 N–H and O–H groups in total. The number of nitrogens with two attached hydrogens (primary N) is 1. The van der Waals surface area contributed by atoms with Crippen molar-refractivity contribution in [3.8, 4) is 0 Å². The maximum absolute atomic E-state index is 12.8. The largest absolute Gasteiger partial charge is 0.398 e. The molecule has 25 heavy (non-hydrogen) atoms. The van der Waals surface area contributed by atoms with E-state index < -0.39 is 19.7 Å².